The topological polar surface area (TPSA) is 31.4 Å². The van der Waals surface area contributed by atoms with Gasteiger partial charge in [0.1, 0.15) is 5.75 Å². The number of rotatable bonds is 4. The van der Waals surface area contributed by atoms with Crippen molar-refractivity contribution >= 4 is 22.7 Å². The highest BCUT2D eigenvalue weighted by Gasteiger charge is 2.27. The second-order valence-electron chi connectivity index (χ2n) is 6.27. The number of methoxy groups -OCH3 is 1. The Kier molecular flexibility index (Phi) is 4.64. The molecule has 0 amide bonds. The number of fused-ring (bicyclic) bond motifs is 1. The fourth-order valence-electron chi connectivity index (χ4n) is 3.24. The number of hydrogen-bond donors (Lipinski definition) is 0. The number of hydrogen-bond acceptors (Lipinski definition) is 4. The second kappa shape index (κ2) is 7.06. The standard InChI is InChI=1S/C21H21NO2S/c1-14-20(11-12-24-14)25-21-17-5-3-4-6-19(17)22-13-18(21)15-7-9-16(23-2)10-8-15/h3-10,13-14,20H,11-12H2,1-2H3. The zero-order chi connectivity index (χ0) is 17.2. The first-order chi connectivity index (χ1) is 12.3. The Morgan fingerprint density at radius 2 is 1.92 bits per heavy atom. The van der Waals surface area contributed by atoms with Crippen molar-refractivity contribution in [2.75, 3.05) is 13.7 Å². The van der Waals surface area contributed by atoms with Crippen molar-refractivity contribution in [3.05, 3.63) is 54.7 Å². The lowest BCUT2D eigenvalue weighted by Gasteiger charge is -2.18. The molecule has 0 N–H and O–H groups in total. The summed E-state index contributed by atoms with van der Waals surface area (Å²) >= 11 is 1.92. The third-order valence-electron chi connectivity index (χ3n) is 4.70. The maximum Gasteiger partial charge on any atom is 0.118 e. The normalized spacial score (nSPS) is 20.1. The van der Waals surface area contributed by atoms with Crippen LogP contribution < -0.4 is 4.74 Å². The summed E-state index contributed by atoms with van der Waals surface area (Å²) in [4.78, 5) is 5.97. The van der Waals surface area contributed by atoms with Crippen LogP contribution in [0.1, 0.15) is 13.3 Å². The summed E-state index contributed by atoms with van der Waals surface area (Å²) in [5.41, 5.74) is 3.37. The largest absolute Gasteiger partial charge is 0.497 e. The Bertz CT molecular complexity index is 879. The van der Waals surface area contributed by atoms with E-state index < -0.39 is 0 Å². The SMILES string of the molecule is COc1ccc(-c2cnc3ccccc3c2SC2CCOC2C)cc1. The van der Waals surface area contributed by atoms with Crippen LogP contribution in [-0.2, 0) is 4.74 Å². The molecule has 128 valence electrons. The third kappa shape index (κ3) is 3.24. The maximum atomic E-state index is 5.77. The van der Waals surface area contributed by atoms with Gasteiger partial charge >= 0.3 is 0 Å². The van der Waals surface area contributed by atoms with Crippen LogP contribution in [0.2, 0.25) is 0 Å². The van der Waals surface area contributed by atoms with Crippen LogP contribution in [0.15, 0.2) is 59.6 Å². The van der Waals surface area contributed by atoms with Crippen molar-refractivity contribution in [3.8, 4) is 16.9 Å². The van der Waals surface area contributed by atoms with E-state index in [1.807, 2.05) is 36.2 Å². The molecule has 0 bridgehead atoms. The first-order valence-corrected chi connectivity index (χ1v) is 9.44. The number of benzene rings is 2. The van der Waals surface area contributed by atoms with Crippen molar-refractivity contribution in [3.63, 3.8) is 0 Å². The van der Waals surface area contributed by atoms with Gasteiger partial charge < -0.3 is 9.47 Å². The maximum absolute atomic E-state index is 5.77. The van der Waals surface area contributed by atoms with Crippen molar-refractivity contribution in [1.29, 1.82) is 0 Å². The van der Waals surface area contributed by atoms with Gasteiger partial charge in [-0.15, -0.1) is 11.8 Å². The van der Waals surface area contributed by atoms with Crippen LogP contribution in [0.3, 0.4) is 0 Å². The van der Waals surface area contributed by atoms with Gasteiger partial charge in [0.25, 0.3) is 0 Å². The van der Waals surface area contributed by atoms with Crippen LogP contribution in [0.25, 0.3) is 22.0 Å². The van der Waals surface area contributed by atoms with Gasteiger partial charge in [-0.2, -0.15) is 0 Å². The number of para-hydroxylation sites is 1. The van der Waals surface area contributed by atoms with Crippen LogP contribution in [0, 0.1) is 0 Å². The average Bonchev–Trinajstić information content (AvgIpc) is 3.07. The summed E-state index contributed by atoms with van der Waals surface area (Å²) in [6.45, 7) is 3.01. The number of pyridine rings is 1. The molecule has 1 saturated heterocycles. The number of nitrogens with zero attached hydrogens (tertiary/aromatic N) is 1. The molecule has 1 aliphatic heterocycles. The zero-order valence-electron chi connectivity index (χ0n) is 14.4. The summed E-state index contributed by atoms with van der Waals surface area (Å²) in [5.74, 6) is 0.865. The lowest BCUT2D eigenvalue weighted by atomic mass is 10.1. The molecule has 0 saturated carbocycles. The fraction of sp³-hybridized carbons (Fsp3) is 0.286. The van der Waals surface area contributed by atoms with E-state index in [1.165, 1.54) is 15.8 Å². The minimum atomic E-state index is 0.278. The van der Waals surface area contributed by atoms with Crippen LogP contribution in [-0.4, -0.2) is 30.1 Å². The molecule has 0 radical (unpaired) electrons. The Hall–Kier alpha value is -2.04. The summed E-state index contributed by atoms with van der Waals surface area (Å²) in [6, 6.07) is 16.6. The molecule has 1 aliphatic rings. The molecule has 3 aromatic rings. The van der Waals surface area contributed by atoms with Crippen molar-refractivity contribution in [1.82, 2.24) is 4.98 Å². The Morgan fingerprint density at radius 1 is 1.12 bits per heavy atom. The molecule has 1 aromatic heterocycles. The summed E-state index contributed by atoms with van der Waals surface area (Å²) < 4.78 is 11.1. The van der Waals surface area contributed by atoms with E-state index in [0.29, 0.717) is 5.25 Å². The summed E-state index contributed by atoms with van der Waals surface area (Å²) in [5, 5.41) is 1.68. The van der Waals surface area contributed by atoms with Crippen molar-refractivity contribution < 1.29 is 9.47 Å². The minimum absolute atomic E-state index is 0.278. The molecule has 3 nitrogen and oxygen atoms in total. The average molecular weight is 351 g/mol. The quantitative estimate of drug-likeness (QED) is 0.648. The molecular weight excluding hydrogens is 330 g/mol. The van der Waals surface area contributed by atoms with E-state index in [0.717, 1.165) is 29.9 Å². The number of thioether (sulfide) groups is 1. The molecule has 0 spiro atoms. The lowest BCUT2D eigenvalue weighted by Crippen LogP contribution is -2.13. The lowest BCUT2D eigenvalue weighted by molar-refractivity contribution is 0.127. The van der Waals surface area contributed by atoms with Gasteiger partial charge in [0.05, 0.1) is 18.7 Å². The molecule has 0 aliphatic carbocycles. The Labute approximate surface area is 152 Å². The van der Waals surface area contributed by atoms with Gasteiger partial charge in [-0.3, -0.25) is 4.98 Å². The first-order valence-electron chi connectivity index (χ1n) is 8.56. The zero-order valence-corrected chi connectivity index (χ0v) is 15.3. The number of aromatic nitrogens is 1. The van der Waals surface area contributed by atoms with E-state index in [2.05, 4.69) is 42.2 Å². The molecule has 2 heterocycles. The highest BCUT2D eigenvalue weighted by molar-refractivity contribution is 8.00. The molecule has 2 aromatic carbocycles. The van der Waals surface area contributed by atoms with E-state index in [1.54, 1.807) is 7.11 Å². The predicted octanol–water partition coefficient (Wildman–Crippen LogP) is 5.18. The molecular formula is C21H21NO2S. The summed E-state index contributed by atoms with van der Waals surface area (Å²) in [6.07, 6.45) is 3.36. The highest BCUT2D eigenvalue weighted by Crippen LogP contribution is 2.42. The van der Waals surface area contributed by atoms with Crippen LogP contribution >= 0.6 is 11.8 Å². The molecule has 2 unspecified atom stereocenters. The summed E-state index contributed by atoms with van der Waals surface area (Å²) in [7, 11) is 1.69. The smallest absolute Gasteiger partial charge is 0.118 e. The van der Waals surface area contributed by atoms with Gasteiger partial charge in [0, 0.05) is 33.9 Å². The van der Waals surface area contributed by atoms with Gasteiger partial charge in [-0.1, -0.05) is 30.3 Å². The van der Waals surface area contributed by atoms with Gasteiger partial charge in [0.15, 0.2) is 0 Å². The fourth-order valence-corrected chi connectivity index (χ4v) is 4.62. The molecule has 2 atom stereocenters. The molecule has 1 fully saturated rings. The van der Waals surface area contributed by atoms with Gasteiger partial charge in [-0.05, 0) is 37.1 Å². The molecule has 4 heteroatoms. The Morgan fingerprint density at radius 3 is 2.64 bits per heavy atom. The Balaban J connectivity index is 1.83. The number of ether oxygens (including phenoxy) is 2. The van der Waals surface area contributed by atoms with E-state index in [4.69, 9.17) is 9.47 Å². The van der Waals surface area contributed by atoms with E-state index in [9.17, 15) is 0 Å². The van der Waals surface area contributed by atoms with Gasteiger partial charge in [0.2, 0.25) is 0 Å². The van der Waals surface area contributed by atoms with E-state index >= 15 is 0 Å². The van der Waals surface area contributed by atoms with E-state index in [-0.39, 0.29) is 6.10 Å². The first kappa shape index (κ1) is 16.4. The highest BCUT2D eigenvalue weighted by atomic mass is 32.2. The molecule has 25 heavy (non-hydrogen) atoms. The van der Waals surface area contributed by atoms with Crippen molar-refractivity contribution in [2.45, 2.75) is 29.6 Å². The third-order valence-corrected chi connectivity index (χ3v) is 6.30. The predicted molar refractivity (Wildman–Crippen MR) is 103 cm³/mol. The minimum Gasteiger partial charge on any atom is -0.497 e. The molecule has 4 rings (SSSR count). The van der Waals surface area contributed by atoms with Gasteiger partial charge in [-0.25, -0.2) is 0 Å². The second-order valence-corrected chi connectivity index (χ2v) is 7.52. The van der Waals surface area contributed by atoms with Crippen LogP contribution in [0.4, 0.5) is 0 Å². The van der Waals surface area contributed by atoms with Crippen molar-refractivity contribution in [2.24, 2.45) is 0 Å². The van der Waals surface area contributed by atoms with Crippen LogP contribution in [0.5, 0.6) is 5.75 Å². The monoisotopic (exact) mass is 351 g/mol.